The van der Waals surface area contributed by atoms with Gasteiger partial charge in [-0.2, -0.15) is 0 Å². The number of rotatable bonds is 6. The van der Waals surface area contributed by atoms with Gasteiger partial charge in [-0.15, -0.1) is 11.8 Å². The lowest BCUT2D eigenvalue weighted by molar-refractivity contribution is -0.133. The number of nitrogens with zero attached hydrogens (tertiary/aromatic N) is 1. The zero-order valence-electron chi connectivity index (χ0n) is 14.4. The Balaban J connectivity index is 1.63. The van der Waals surface area contributed by atoms with Crippen LogP contribution in [0.1, 0.15) is 32.6 Å². The molecule has 8 heteroatoms. The van der Waals surface area contributed by atoms with Gasteiger partial charge in [0.15, 0.2) is 0 Å². The lowest BCUT2D eigenvalue weighted by atomic mass is 10.0. The summed E-state index contributed by atoms with van der Waals surface area (Å²) in [4.78, 5) is 37.6. The van der Waals surface area contributed by atoms with Crippen LogP contribution in [-0.4, -0.2) is 65.1 Å². The number of hydrogen-bond donors (Lipinski definition) is 3. The summed E-state index contributed by atoms with van der Waals surface area (Å²) in [6.45, 7) is 4.33. The van der Waals surface area contributed by atoms with Gasteiger partial charge in [-0.3, -0.25) is 4.79 Å². The molecule has 1 amide bonds. The quantitative estimate of drug-likeness (QED) is 0.590. The van der Waals surface area contributed by atoms with Crippen molar-refractivity contribution in [2.24, 2.45) is 5.92 Å². The van der Waals surface area contributed by atoms with Crippen LogP contribution in [-0.2, 0) is 14.4 Å². The number of amides is 1. The summed E-state index contributed by atoms with van der Waals surface area (Å²) in [7, 11) is 0. The maximum Gasteiger partial charge on any atom is 0.352 e. The third-order valence-electron chi connectivity index (χ3n) is 5.26. The van der Waals surface area contributed by atoms with Gasteiger partial charge in [0.2, 0.25) is 5.91 Å². The lowest BCUT2D eigenvalue weighted by Gasteiger charge is -2.20. The first-order valence-electron chi connectivity index (χ1n) is 8.87. The van der Waals surface area contributed by atoms with Gasteiger partial charge in [0.1, 0.15) is 12.0 Å². The van der Waals surface area contributed by atoms with Crippen molar-refractivity contribution in [2.45, 2.75) is 49.9 Å². The van der Waals surface area contributed by atoms with Crippen LogP contribution in [0.3, 0.4) is 0 Å². The number of carboxylic acids is 1. The predicted octanol–water partition coefficient (Wildman–Crippen LogP) is 0.566. The molecule has 0 aromatic heterocycles. The van der Waals surface area contributed by atoms with E-state index in [1.54, 1.807) is 0 Å². The molecule has 0 spiro atoms. The number of carbonyl (C=O) groups excluding carboxylic acids is 2. The normalized spacial score (nSPS) is 32.1. The molecule has 2 fully saturated rings. The molecule has 25 heavy (non-hydrogen) atoms. The minimum absolute atomic E-state index is 0.0189. The van der Waals surface area contributed by atoms with Crippen LogP contribution in [0, 0.1) is 5.92 Å². The number of hydrogen-bond acceptors (Lipinski definition) is 6. The van der Waals surface area contributed by atoms with E-state index in [1.807, 2.05) is 11.8 Å². The van der Waals surface area contributed by atoms with E-state index in [0.29, 0.717) is 19.4 Å². The summed E-state index contributed by atoms with van der Waals surface area (Å²) in [5.41, 5.74) is 0.207. The van der Waals surface area contributed by atoms with Gasteiger partial charge in [-0.25, -0.2) is 4.79 Å². The van der Waals surface area contributed by atoms with Gasteiger partial charge in [0.25, 0.3) is 0 Å². The van der Waals surface area contributed by atoms with Crippen molar-refractivity contribution in [2.75, 3.05) is 19.6 Å². The molecule has 4 unspecified atom stereocenters. The Kier molecular flexibility index (Phi) is 5.68. The van der Waals surface area contributed by atoms with Crippen LogP contribution in [0.25, 0.3) is 0 Å². The Morgan fingerprint density at radius 3 is 2.72 bits per heavy atom. The highest BCUT2D eigenvalue weighted by Gasteiger charge is 2.39. The summed E-state index contributed by atoms with van der Waals surface area (Å²) in [5.74, 6) is -0.836. The van der Waals surface area contributed by atoms with E-state index < -0.39 is 5.97 Å². The van der Waals surface area contributed by atoms with E-state index in [2.05, 4.69) is 10.6 Å². The summed E-state index contributed by atoms with van der Waals surface area (Å²) >= 11 is 1.54. The lowest BCUT2D eigenvalue weighted by Crippen LogP contribution is -2.42. The Bertz CT molecular complexity index is 588. The highest BCUT2D eigenvalue weighted by atomic mass is 32.2. The van der Waals surface area contributed by atoms with Gasteiger partial charge in [-0.05, 0) is 19.3 Å². The van der Waals surface area contributed by atoms with Crippen LogP contribution in [0.15, 0.2) is 10.6 Å². The first-order valence-corrected chi connectivity index (χ1v) is 9.75. The van der Waals surface area contributed by atoms with E-state index in [9.17, 15) is 19.5 Å². The molecule has 0 aromatic rings. The minimum Gasteiger partial charge on any atom is -0.477 e. The van der Waals surface area contributed by atoms with E-state index in [1.165, 1.54) is 11.8 Å². The third-order valence-corrected chi connectivity index (χ3v) is 6.78. The molecule has 2 saturated heterocycles. The van der Waals surface area contributed by atoms with Crippen molar-refractivity contribution in [3.8, 4) is 0 Å². The van der Waals surface area contributed by atoms with Gasteiger partial charge >= 0.3 is 5.97 Å². The van der Waals surface area contributed by atoms with Crippen molar-refractivity contribution in [3.63, 3.8) is 0 Å². The van der Waals surface area contributed by atoms with Crippen LogP contribution >= 0.6 is 11.8 Å². The summed E-state index contributed by atoms with van der Waals surface area (Å²) in [6.07, 6.45) is 3.98. The smallest absolute Gasteiger partial charge is 0.352 e. The standard InChI is InChI=1S/C17H25N3O4S/c1-10-12(4-7-21)19-14(17(23)24)15(10)25-11-8-13(18-9-11)16(22)20-5-2-3-6-20/h7,10-13,18-19H,2-6,8-9H2,1H3,(H,23,24). The molecule has 0 saturated carbocycles. The average Bonchev–Trinajstić information content (AvgIpc) is 3.31. The Labute approximate surface area is 151 Å². The molecule has 0 aliphatic carbocycles. The van der Waals surface area contributed by atoms with E-state index in [-0.39, 0.29) is 34.9 Å². The summed E-state index contributed by atoms with van der Waals surface area (Å²) in [6, 6.07) is -0.331. The molecule has 3 aliphatic rings. The maximum atomic E-state index is 12.5. The molecule has 3 aliphatic heterocycles. The minimum atomic E-state index is -0.988. The molecule has 3 N–H and O–H groups in total. The van der Waals surface area contributed by atoms with E-state index in [4.69, 9.17) is 0 Å². The highest BCUT2D eigenvalue weighted by molar-refractivity contribution is 8.03. The monoisotopic (exact) mass is 367 g/mol. The third kappa shape index (κ3) is 3.84. The summed E-state index contributed by atoms with van der Waals surface area (Å²) in [5, 5.41) is 15.9. The van der Waals surface area contributed by atoms with Crippen molar-refractivity contribution in [1.82, 2.24) is 15.5 Å². The predicted molar refractivity (Wildman–Crippen MR) is 95.0 cm³/mol. The average molecular weight is 367 g/mol. The number of likely N-dealkylation sites (tertiary alicyclic amines) is 1. The molecule has 0 radical (unpaired) electrons. The fourth-order valence-electron chi connectivity index (χ4n) is 3.81. The van der Waals surface area contributed by atoms with Crippen molar-refractivity contribution in [1.29, 1.82) is 0 Å². The van der Waals surface area contributed by atoms with Gasteiger partial charge < -0.3 is 25.4 Å². The number of carboxylic acid groups (broad SMARTS) is 1. The SMILES string of the molecule is CC1C(SC2CNC(C(=O)N3CCCC3)C2)=C(C(=O)O)NC1CC=O. The second-order valence-corrected chi connectivity index (χ2v) is 8.30. The zero-order valence-corrected chi connectivity index (χ0v) is 15.2. The molecule has 4 atom stereocenters. The number of aliphatic carboxylic acids is 1. The molecule has 138 valence electrons. The van der Waals surface area contributed by atoms with Crippen LogP contribution < -0.4 is 10.6 Å². The second-order valence-electron chi connectivity index (χ2n) is 6.96. The number of thioether (sulfide) groups is 1. The molecule has 7 nitrogen and oxygen atoms in total. The van der Waals surface area contributed by atoms with Gasteiger partial charge in [0, 0.05) is 48.2 Å². The van der Waals surface area contributed by atoms with Crippen LogP contribution in [0.4, 0.5) is 0 Å². The number of carbonyl (C=O) groups is 3. The number of aldehydes is 1. The topological polar surface area (TPSA) is 98.7 Å². The highest BCUT2D eigenvalue weighted by Crippen LogP contribution is 2.40. The van der Waals surface area contributed by atoms with Gasteiger partial charge in [0.05, 0.1) is 6.04 Å². The van der Waals surface area contributed by atoms with Crippen molar-refractivity contribution >= 4 is 29.9 Å². The van der Waals surface area contributed by atoms with Crippen molar-refractivity contribution < 1.29 is 19.5 Å². The largest absolute Gasteiger partial charge is 0.477 e. The summed E-state index contributed by atoms with van der Waals surface area (Å²) < 4.78 is 0. The second kappa shape index (κ2) is 7.78. The molecule has 3 heterocycles. The molecule has 0 aromatic carbocycles. The first kappa shape index (κ1) is 18.3. The Morgan fingerprint density at radius 1 is 1.36 bits per heavy atom. The Hall–Kier alpha value is -1.54. The fourth-order valence-corrected chi connectivity index (χ4v) is 5.28. The molecule has 3 rings (SSSR count). The molecular weight excluding hydrogens is 342 g/mol. The zero-order chi connectivity index (χ0) is 18.0. The van der Waals surface area contributed by atoms with E-state index >= 15 is 0 Å². The maximum absolute atomic E-state index is 12.5. The fraction of sp³-hybridized carbons (Fsp3) is 0.706. The van der Waals surface area contributed by atoms with Crippen molar-refractivity contribution in [3.05, 3.63) is 10.6 Å². The molecular formula is C17H25N3O4S. The number of nitrogens with one attached hydrogen (secondary N) is 2. The van der Waals surface area contributed by atoms with Gasteiger partial charge in [-0.1, -0.05) is 6.92 Å². The Morgan fingerprint density at radius 2 is 2.08 bits per heavy atom. The van der Waals surface area contributed by atoms with E-state index in [0.717, 1.165) is 37.1 Å². The first-order chi connectivity index (χ1) is 12.0. The van der Waals surface area contributed by atoms with Crippen LogP contribution in [0.5, 0.6) is 0 Å². The van der Waals surface area contributed by atoms with Crippen LogP contribution in [0.2, 0.25) is 0 Å². The molecule has 0 bridgehead atoms.